The summed E-state index contributed by atoms with van der Waals surface area (Å²) in [6, 6.07) is 10.6. The number of nitrogens with zero attached hydrogens (tertiary/aromatic N) is 1. The van der Waals surface area contributed by atoms with Crippen LogP contribution in [0.2, 0.25) is 0 Å². The minimum Gasteiger partial charge on any atom is -0.472 e. The molecule has 1 aliphatic carbocycles. The predicted molar refractivity (Wildman–Crippen MR) is 93.4 cm³/mol. The molecule has 1 aromatic carbocycles. The highest BCUT2D eigenvalue weighted by atomic mass is 16.3. The quantitative estimate of drug-likeness (QED) is 0.941. The Morgan fingerprint density at radius 1 is 1.17 bits per heavy atom. The zero-order valence-electron chi connectivity index (χ0n) is 13.9. The number of likely N-dealkylation sites (tertiary alicyclic amines) is 1. The van der Waals surface area contributed by atoms with Gasteiger partial charge in [0.2, 0.25) is 5.91 Å². The number of amides is 1. The number of nitrogens with two attached hydrogens (primary N) is 1. The first-order valence-corrected chi connectivity index (χ1v) is 8.90. The van der Waals surface area contributed by atoms with E-state index in [9.17, 15) is 4.79 Å². The van der Waals surface area contributed by atoms with Crippen LogP contribution in [0.4, 0.5) is 0 Å². The molecule has 0 bridgehead atoms. The van der Waals surface area contributed by atoms with Gasteiger partial charge in [0.1, 0.15) is 0 Å². The number of carbonyl (C=O) groups excluding carboxylic acids is 1. The standard InChI is InChI=1S/C20H24N2O2/c21-15-4-3-9-22(10-7-15)20(23)19-12-18(19)17-6-2-1-5-16(17)14-8-11-24-13-14/h1-2,5-6,8,11,13,15,18-19H,3-4,7,9-10,12,21H2. The summed E-state index contributed by atoms with van der Waals surface area (Å²) in [7, 11) is 0. The minimum absolute atomic E-state index is 0.132. The summed E-state index contributed by atoms with van der Waals surface area (Å²) < 4.78 is 5.23. The van der Waals surface area contributed by atoms with E-state index in [1.807, 2.05) is 17.0 Å². The largest absolute Gasteiger partial charge is 0.472 e. The molecule has 1 amide bonds. The molecule has 0 spiro atoms. The maximum atomic E-state index is 12.9. The van der Waals surface area contributed by atoms with E-state index >= 15 is 0 Å². The SMILES string of the molecule is NC1CCCN(C(=O)C2CC2c2ccccc2-c2ccoc2)CC1. The molecule has 3 atom stereocenters. The fourth-order valence-electron chi connectivity index (χ4n) is 3.89. The molecule has 1 saturated carbocycles. The highest BCUT2D eigenvalue weighted by Gasteiger charge is 2.46. The Labute approximate surface area is 142 Å². The summed E-state index contributed by atoms with van der Waals surface area (Å²) in [6.07, 6.45) is 7.40. The number of rotatable bonds is 3. The monoisotopic (exact) mass is 324 g/mol. The van der Waals surface area contributed by atoms with E-state index in [0.717, 1.165) is 44.3 Å². The van der Waals surface area contributed by atoms with Gasteiger partial charge in [-0.3, -0.25) is 4.79 Å². The Morgan fingerprint density at radius 3 is 2.88 bits per heavy atom. The number of hydrogen-bond donors (Lipinski definition) is 1. The lowest BCUT2D eigenvalue weighted by Gasteiger charge is -2.20. The van der Waals surface area contributed by atoms with E-state index in [2.05, 4.69) is 18.2 Å². The Hall–Kier alpha value is -2.07. The van der Waals surface area contributed by atoms with Crippen molar-refractivity contribution in [2.45, 2.75) is 37.6 Å². The molecule has 0 radical (unpaired) electrons. The normalized spacial score (nSPS) is 26.9. The van der Waals surface area contributed by atoms with E-state index in [1.165, 1.54) is 11.1 Å². The third-order valence-corrected chi connectivity index (χ3v) is 5.38. The molecule has 2 N–H and O–H groups in total. The highest BCUT2D eigenvalue weighted by Crippen LogP contribution is 2.51. The topological polar surface area (TPSA) is 59.5 Å². The fraction of sp³-hybridized carbons (Fsp3) is 0.450. The van der Waals surface area contributed by atoms with Crippen LogP contribution in [0.15, 0.2) is 47.3 Å². The molecule has 1 aromatic heterocycles. The molecule has 1 saturated heterocycles. The van der Waals surface area contributed by atoms with E-state index in [1.54, 1.807) is 12.5 Å². The van der Waals surface area contributed by atoms with Gasteiger partial charge in [-0.05, 0) is 48.8 Å². The van der Waals surface area contributed by atoms with Crippen molar-refractivity contribution in [3.63, 3.8) is 0 Å². The predicted octanol–water partition coefficient (Wildman–Crippen LogP) is 3.39. The van der Waals surface area contributed by atoms with Crippen LogP contribution in [0.5, 0.6) is 0 Å². The second-order valence-electron chi connectivity index (χ2n) is 7.06. The van der Waals surface area contributed by atoms with Crippen LogP contribution in [-0.4, -0.2) is 29.9 Å². The Balaban J connectivity index is 1.50. The van der Waals surface area contributed by atoms with Gasteiger partial charge in [0, 0.05) is 30.6 Å². The molecule has 2 fully saturated rings. The average Bonchev–Trinajstić information content (AvgIpc) is 3.28. The van der Waals surface area contributed by atoms with E-state index in [-0.39, 0.29) is 12.0 Å². The molecule has 126 valence electrons. The van der Waals surface area contributed by atoms with Gasteiger partial charge in [-0.1, -0.05) is 24.3 Å². The van der Waals surface area contributed by atoms with Crippen molar-refractivity contribution < 1.29 is 9.21 Å². The van der Waals surface area contributed by atoms with Gasteiger partial charge >= 0.3 is 0 Å². The van der Waals surface area contributed by atoms with Crippen molar-refractivity contribution in [3.05, 3.63) is 48.4 Å². The lowest BCUT2D eigenvalue weighted by atomic mass is 9.97. The molecule has 2 aliphatic rings. The van der Waals surface area contributed by atoms with E-state index in [4.69, 9.17) is 10.2 Å². The first-order valence-electron chi connectivity index (χ1n) is 8.90. The maximum absolute atomic E-state index is 12.9. The summed E-state index contributed by atoms with van der Waals surface area (Å²) in [4.78, 5) is 14.9. The van der Waals surface area contributed by atoms with E-state index < -0.39 is 0 Å². The second-order valence-corrected chi connectivity index (χ2v) is 7.06. The van der Waals surface area contributed by atoms with E-state index in [0.29, 0.717) is 11.8 Å². The lowest BCUT2D eigenvalue weighted by Crippen LogP contribution is -2.34. The summed E-state index contributed by atoms with van der Waals surface area (Å²) in [5.74, 6) is 0.781. The molecule has 2 heterocycles. The molecule has 24 heavy (non-hydrogen) atoms. The Kier molecular flexibility index (Phi) is 4.15. The van der Waals surface area contributed by atoms with Crippen LogP contribution in [-0.2, 0) is 4.79 Å². The minimum atomic E-state index is 0.132. The molecule has 4 heteroatoms. The van der Waals surface area contributed by atoms with Crippen LogP contribution < -0.4 is 5.73 Å². The Morgan fingerprint density at radius 2 is 2.04 bits per heavy atom. The first-order chi connectivity index (χ1) is 11.7. The second kappa shape index (κ2) is 6.44. The van der Waals surface area contributed by atoms with Crippen LogP contribution in [0, 0.1) is 5.92 Å². The number of furan rings is 1. The maximum Gasteiger partial charge on any atom is 0.226 e. The number of hydrogen-bond acceptors (Lipinski definition) is 3. The molecular formula is C20H24N2O2. The third kappa shape index (κ3) is 2.98. The lowest BCUT2D eigenvalue weighted by molar-refractivity contribution is -0.132. The van der Waals surface area contributed by atoms with Crippen LogP contribution in [0.3, 0.4) is 0 Å². The van der Waals surface area contributed by atoms with Gasteiger partial charge in [-0.15, -0.1) is 0 Å². The van der Waals surface area contributed by atoms with Crippen molar-refractivity contribution in [1.82, 2.24) is 4.90 Å². The van der Waals surface area contributed by atoms with Gasteiger partial charge in [-0.25, -0.2) is 0 Å². The third-order valence-electron chi connectivity index (χ3n) is 5.38. The molecular weight excluding hydrogens is 300 g/mol. The van der Waals surface area contributed by atoms with Gasteiger partial charge < -0.3 is 15.1 Å². The summed E-state index contributed by atoms with van der Waals surface area (Å²) >= 11 is 0. The van der Waals surface area contributed by atoms with Crippen molar-refractivity contribution in [2.24, 2.45) is 11.7 Å². The fourth-order valence-corrected chi connectivity index (χ4v) is 3.89. The van der Waals surface area contributed by atoms with Crippen molar-refractivity contribution in [2.75, 3.05) is 13.1 Å². The van der Waals surface area contributed by atoms with Crippen LogP contribution >= 0.6 is 0 Å². The smallest absolute Gasteiger partial charge is 0.226 e. The first kappa shape index (κ1) is 15.5. The zero-order valence-corrected chi connectivity index (χ0v) is 13.9. The van der Waals surface area contributed by atoms with Gasteiger partial charge in [0.15, 0.2) is 0 Å². The molecule has 2 aromatic rings. The Bertz CT molecular complexity index is 710. The van der Waals surface area contributed by atoms with Gasteiger partial charge in [0.25, 0.3) is 0 Å². The van der Waals surface area contributed by atoms with Crippen LogP contribution in [0.1, 0.15) is 37.2 Å². The molecule has 1 aliphatic heterocycles. The summed E-state index contributed by atoms with van der Waals surface area (Å²) in [5.41, 5.74) is 9.57. The summed E-state index contributed by atoms with van der Waals surface area (Å²) in [5, 5.41) is 0. The zero-order chi connectivity index (χ0) is 16.5. The molecule has 3 unspecified atom stereocenters. The highest BCUT2D eigenvalue weighted by molar-refractivity contribution is 5.84. The number of carbonyl (C=O) groups is 1. The van der Waals surface area contributed by atoms with Crippen molar-refractivity contribution in [1.29, 1.82) is 0 Å². The van der Waals surface area contributed by atoms with Gasteiger partial charge in [0.05, 0.1) is 12.5 Å². The van der Waals surface area contributed by atoms with Gasteiger partial charge in [-0.2, -0.15) is 0 Å². The number of benzene rings is 1. The summed E-state index contributed by atoms with van der Waals surface area (Å²) in [6.45, 7) is 1.67. The average molecular weight is 324 g/mol. The molecule has 4 nitrogen and oxygen atoms in total. The van der Waals surface area contributed by atoms with Crippen molar-refractivity contribution >= 4 is 5.91 Å². The van der Waals surface area contributed by atoms with Crippen molar-refractivity contribution in [3.8, 4) is 11.1 Å². The van der Waals surface area contributed by atoms with Crippen LogP contribution in [0.25, 0.3) is 11.1 Å². The molecule has 4 rings (SSSR count).